The summed E-state index contributed by atoms with van der Waals surface area (Å²) in [5, 5.41) is 2.30. The number of hydrogen-bond donors (Lipinski definition) is 2. The summed E-state index contributed by atoms with van der Waals surface area (Å²) in [7, 11) is 0. The lowest BCUT2D eigenvalue weighted by Crippen LogP contribution is -2.52. The third-order valence-corrected chi connectivity index (χ3v) is 5.31. The number of nitrogens with two attached hydrogens (primary N) is 1. The van der Waals surface area contributed by atoms with Gasteiger partial charge in [0.2, 0.25) is 11.8 Å². The molecule has 10 nitrogen and oxygen atoms in total. The van der Waals surface area contributed by atoms with E-state index in [9.17, 15) is 14.4 Å². The van der Waals surface area contributed by atoms with Crippen molar-refractivity contribution in [2.24, 2.45) is 5.73 Å². The number of nitrogens with one attached hydrogen (secondary N) is 1. The van der Waals surface area contributed by atoms with Crippen molar-refractivity contribution in [1.82, 2.24) is 10.2 Å². The van der Waals surface area contributed by atoms with E-state index in [0.717, 1.165) is 11.1 Å². The van der Waals surface area contributed by atoms with Crippen molar-refractivity contribution in [3.63, 3.8) is 0 Å². The van der Waals surface area contributed by atoms with Gasteiger partial charge in [-0.1, -0.05) is 11.8 Å². The molecule has 192 valence electrons. The molecule has 3 rings (SSSR count). The third-order valence-electron chi connectivity index (χ3n) is 5.31. The maximum Gasteiger partial charge on any atom is 0.255 e. The Morgan fingerprint density at radius 3 is 2.29 bits per heavy atom. The molecule has 11 heteroatoms. The molecule has 3 amide bonds. The van der Waals surface area contributed by atoms with E-state index in [2.05, 4.69) is 17.2 Å². The fraction of sp³-hybridized carbons (Fsp3) is 0.542. The van der Waals surface area contributed by atoms with Crippen molar-refractivity contribution in [2.45, 2.75) is 25.4 Å². The van der Waals surface area contributed by atoms with Crippen LogP contribution < -0.4 is 11.1 Å². The van der Waals surface area contributed by atoms with Crippen LogP contribution in [-0.2, 0) is 35.1 Å². The summed E-state index contributed by atoms with van der Waals surface area (Å²) in [5.74, 6) is 5.07. The molecule has 1 aromatic rings. The van der Waals surface area contributed by atoms with E-state index >= 15 is 0 Å². The van der Waals surface area contributed by atoms with Gasteiger partial charge < -0.3 is 29.6 Å². The van der Waals surface area contributed by atoms with Crippen molar-refractivity contribution in [3.05, 3.63) is 34.9 Å². The van der Waals surface area contributed by atoms with E-state index in [1.165, 1.54) is 4.90 Å². The lowest BCUT2D eigenvalue weighted by molar-refractivity contribution is -0.136. The Balaban J connectivity index is 0.00000432. The molecule has 0 aromatic heterocycles. The van der Waals surface area contributed by atoms with Gasteiger partial charge in [0.25, 0.3) is 5.91 Å². The summed E-state index contributed by atoms with van der Waals surface area (Å²) in [5.41, 5.74) is 7.47. The van der Waals surface area contributed by atoms with Crippen LogP contribution >= 0.6 is 12.4 Å². The zero-order valence-corrected chi connectivity index (χ0v) is 20.4. The van der Waals surface area contributed by atoms with Gasteiger partial charge in [0.15, 0.2) is 0 Å². The Hall–Kier alpha value is -2.52. The SMILES string of the molecule is Cl.NCCOCCOCCOCCOCC#Cc1ccc2c(c1)CN(C1CCC(=O)NC1=O)C2=O. The van der Waals surface area contributed by atoms with Gasteiger partial charge in [-0.3, -0.25) is 19.7 Å². The van der Waals surface area contributed by atoms with Crippen LogP contribution in [0.1, 0.15) is 34.3 Å². The standard InChI is InChI=1S/C24H31N3O7.ClH/c25-7-9-32-11-13-34-15-14-33-12-10-31-8-1-2-18-3-4-20-19(16-18)17-27(24(20)30)21-5-6-22(28)26-23(21)29;/h3-4,16,21H,5-15,17,25H2,(H,26,28,29);1H. The fourth-order valence-corrected chi connectivity index (χ4v) is 3.66. The van der Waals surface area contributed by atoms with Crippen molar-refractivity contribution in [2.75, 3.05) is 59.4 Å². The molecule has 3 N–H and O–H groups in total. The van der Waals surface area contributed by atoms with E-state index in [1.54, 1.807) is 12.1 Å². The second-order valence-electron chi connectivity index (χ2n) is 7.75. The molecule has 1 fully saturated rings. The van der Waals surface area contributed by atoms with Crippen LogP contribution in [-0.4, -0.2) is 88.1 Å². The van der Waals surface area contributed by atoms with Gasteiger partial charge in [0.1, 0.15) is 12.6 Å². The predicted octanol–water partition coefficient (Wildman–Crippen LogP) is 0.246. The number of halogens is 1. The quantitative estimate of drug-likeness (QED) is 0.220. The van der Waals surface area contributed by atoms with Gasteiger partial charge in [-0.2, -0.15) is 0 Å². The molecule has 0 saturated carbocycles. The van der Waals surface area contributed by atoms with Crippen LogP contribution in [0, 0.1) is 11.8 Å². The van der Waals surface area contributed by atoms with Crippen molar-refractivity contribution < 1.29 is 33.3 Å². The summed E-state index contributed by atoms with van der Waals surface area (Å²) >= 11 is 0. The molecule has 35 heavy (non-hydrogen) atoms. The van der Waals surface area contributed by atoms with E-state index in [0.29, 0.717) is 71.3 Å². The highest BCUT2D eigenvalue weighted by molar-refractivity contribution is 6.05. The Bertz CT molecular complexity index is 931. The lowest BCUT2D eigenvalue weighted by Gasteiger charge is -2.29. The molecule has 2 aliphatic heterocycles. The molecule has 0 bridgehead atoms. The number of imide groups is 1. The first-order valence-electron chi connectivity index (χ1n) is 11.4. The van der Waals surface area contributed by atoms with Gasteiger partial charge in [-0.15, -0.1) is 12.4 Å². The summed E-state index contributed by atoms with van der Waals surface area (Å²) in [6.07, 6.45) is 0.576. The molecule has 2 aliphatic rings. The average Bonchev–Trinajstić information content (AvgIpc) is 3.14. The second kappa shape index (κ2) is 15.5. The number of hydrogen-bond acceptors (Lipinski definition) is 8. The van der Waals surface area contributed by atoms with E-state index in [1.807, 2.05) is 6.07 Å². The molecule has 0 spiro atoms. The molecule has 1 atom stereocenters. The minimum Gasteiger partial charge on any atom is -0.378 e. The van der Waals surface area contributed by atoms with Crippen LogP contribution in [0.25, 0.3) is 0 Å². The zero-order valence-electron chi connectivity index (χ0n) is 19.6. The summed E-state index contributed by atoms with van der Waals surface area (Å²) < 4.78 is 21.4. The molecule has 0 radical (unpaired) electrons. The number of nitrogens with zero attached hydrogens (tertiary/aromatic N) is 1. The Morgan fingerprint density at radius 2 is 1.63 bits per heavy atom. The van der Waals surface area contributed by atoms with E-state index in [-0.39, 0.29) is 37.2 Å². The number of rotatable bonds is 13. The highest BCUT2D eigenvalue weighted by atomic mass is 35.5. The molecular weight excluding hydrogens is 478 g/mol. The third kappa shape index (κ3) is 8.89. The van der Waals surface area contributed by atoms with Crippen molar-refractivity contribution >= 4 is 30.1 Å². The number of fused-ring (bicyclic) bond motifs is 1. The topological polar surface area (TPSA) is 129 Å². The highest BCUT2D eigenvalue weighted by Gasteiger charge is 2.38. The molecule has 1 aromatic carbocycles. The number of carbonyl (C=O) groups is 3. The van der Waals surface area contributed by atoms with Gasteiger partial charge in [0.05, 0.1) is 46.2 Å². The normalized spacial score (nSPS) is 16.9. The average molecular weight is 510 g/mol. The zero-order chi connectivity index (χ0) is 24.2. The largest absolute Gasteiger partial charge is 0.378 e. The first-order chi connectivity index (χ1) is 16.6. The van der Waals surface area contributed by atoms with Crippen LogP contribution in [0.4, 0.5) is 0 Å². The summed E-state index contributed by atoms with van der Waals surface area (Å²) in [6, 6.07) is 4.75. The monoisotopic (exact) mass is 509 g/mol. The minimum atomic E-state index is -0.621. The smallest absolute Gasteiger partial charge is 0.255 e. The summed E-state index contributed by atoms with van der Waals surface area (Å²) in [4.78, 5) is 37.7. The van der Waals surface area contributed by atoms with Crippen molar-refractivity contribution in [1.29, 1.82) is 0 Å². The molecule has 0 aliphatic carbocycles. The molecular formula is C24H32ClN3O7. The number of ether oxygens (including phenoxy) is 4. The van der Waals surface area contributed by atoms with Gasteiger partial charge in [-0.25, -0.2) is 0 Å². The lowest BCUT2D eigenvalue weighted by atomic mass is 10.0. The van der Waals surface area contributed by atoms with Gasteiger partial charge in [0, 0.05) is 30.6 Å². The molecule has 1 saturated heterocycles. The molecule has 2 heterocycles. The Kier molecular flexibility index (Phi) is 12.7. The van der Waals surface area contributed by atoms with Gasteiger partial charge in [-0.05, 0) is 30.2 Å². The van der Waals surface area contributed by atoms with Crippen LogP contribution in [0.5, 0.6) is 0 Å². The fourth-order valence-electron chi connectivity index (χ4n) is 3.66. The number of carbonyl (C=O) groups excluding carboxylic acids is 3. The van der Waals surface area contributed by atoms with Gasteiger partial charge >= 0.3 is 0 Å². The maximum absolute atomic E-state index is 12.7. The van der Waals surface area contributed by atoms with Crippen LogP contribution in [0.15, 0.2) is 18.2 Å². The first-order valence-corrected chi connectivity index (χ1v) is 11.4. The maximum atomic E-state index is 12.7. The van der Waals surface area contributed by atoms with Crippen molar-refractivity contribution in [3.8, 4) is 11.8 Å². The first kappa shape index (κ1) is 28.7. The highest BCUT2D eigenvalue weighted by Crippen LogP contribution is 2.28. The molecule has 1 unspecified atom stereocenters. The number of piperidine rings is 1. The van der Waals surface area contributed by atoms with Crippen LogP contribution in [0.3, 0.4) is 0 Å². The number of amides is 3. The number of benzene rings is 1. The van der Waals surface area contributed by atoms with Crippen LogP contribution in [0.2, 0.25) is 0 Å². The summed E-state index contributed by atoms with van der Waals surface area (Å²) in [6.45, 7) is 4.52. The second-order valence-corrected chi connectivity index (χ2v) is 7.75. The predicted molar refractivity (Wildman–Crippen MR) is 129 cm³/mol. The van der Waals surface area contributed by atoms with E-state index in [4.69, 9.17) is 24.7 Å². The Labute approximate surface area is 211 Å². The Morgan fingerprint density at radius 1 is 0.971 bits per heavy atom. The minimum absolute atomic E-state index is 0. The van der Waals surface area contributed by atoms with E-state index < -0.39 is 11.9 Å².